The molecule has 0 unspecified atom stereocenters. The summed E-state index contributed by atoms with van der Waals surface area (Å²) in [5, 5.41) is 3.66. The number of amides is 2. The van der Waals surface area contributed by atoms with Gasteiger partial charge in [0.25, 0.3) is 5.91 Å². The smallest absolute Gasteiger partial charge is 0.251 e. The van der Waals surface area contributed by atoms with Crippen LogP contribution in [0.3, 0.4) is 0 Å². The summed E-state index contributed by atoms with van der Waals surface area (Å²) in [6, 6.07) is 15.0. The number of nitrogens with zero attached hydrogens (tertiary/aromatic N) is 2. The summed E-state index contributed by atoms with van der Waals surface area (Å²) in [4.78, 5) is 29.2. The van der Waals surface area contributed by atoms with Crippen molar-refractivity contribution in [2.75, 3.05) is 44.3 Å². The van der Waals surface area contributed by atoms with Gasteiger partial charge in [0.1, 0.15) is 0 Å². The molecule has 1 atom stereocenters. The Morgan fingerprint density at radius 3 is 2.57 bits per heavy atom. The SMILES string of the molecule is O=C(N[C@H](CN1CCOCC1)c1ccccc1)c1ccc(Cl)c(N2CCCC2=O)c1. The highest BCUT2D eigenvalue weighted by Gasteiger charge is 2.25. The van der Waals surface area contributed by atoms with Gasteiger partial charge in [-0.05, 0) is 30.2 Å². The fourth-order valence-electron chi connectivity index (χ4n) is 3.97. The zero-order valence-electron chi connectivity index (χ0n) is 16.9. The second kappa shape index (κ2) is 9.60. The quantitative estimate of drug-likeness (QED) is 0.768. The maximum atomic E-state index is 13.1. The Balaban J connectivity index is 1.54. The molecule has 6 nitrogen and oxygen atoms in total. The van der Waals surface area contributed by atoms with E-state index in [0.29, 0.717) is 49.0 Å². The monoisotopic (exact) mass is 427 g/mol. The average Bonchev–Trinajstić information content (AvgIpc) is 3.20. The van der Waals surface area contributed by atoms with E-state index < -0.39 is 0 Å². The molecule has 0 aromatic heterocycles. The zero-order chi connectivity index (χ0) is 20.9. The number of benzene rings is 2. The third-order valence-electron chi connectivity index (χ3n) is 5.62. The van der Waals surface area contributed by atoms with Crippen LogP contribution in [0, 0.1) is 0 Å². The van der Waals surface area contributed by atoms with Crippen LogP contribution in [0.15, 0.2) is 48.5 Å². The highest BCUT2D eigenvalue weighted by Crippen LogP contribution is 2.30. The predicted octanol–water partition coefficient (Wildman–Crippen LogP) is 3.27. The molecule has 0 spiro atoms. The van der Waals surface area contributed by atoms with Crippen LogP contribution in [-0.2, 0) is 9.53 Å². The average molecular weight is 428 g/mol. The molecule has 2 aliphatic rings. The van der Waals surface area contributed by atoms with Gasteiger partial charge in [-0.1, -0.05) is 41.9 Å². The Morgan fingerprint density at radius 2 is 1.87 bits per heavy atom. The van der Waals surface area contributed by atoms with Crippen molar-refractivity contribution in [3.63, 3.8) is 0 Å². The fraction of sp³-hybridized carbons (Fsp3) is 0.391. The van der Waals surface area contributed by atoms with Gasteiger partial charge in [-0.15, -0.1) is 0 Å². The molecule has 2 aliphatic heterocycles. The van der Waals surface area contributed by atoms with Crippen LogP contribution in [0.1, 0.15) is 34.8 Å². The van der Waals surface area contributed by atoms with E-state index in [1.54, 1.807) is 23.1 Å². The van der Waals surface area contributed by atoms with Gasteiger partial charge in [-0.3, -0.25) is 14.5 Å². The van der Waals surface area contributed by atoms with Crippen LogP contribution in [0.4, 0.5) is 5.69 Å². The van der Waals surface area contributed by atoms with Crippen molar-refractivity contribution in [2.45, 2.75) is 18.9 Å². The van der Waals surface area contributed by atoms with E-state index in [0.717, 1.165) is 25.1 Å². The van der Waals surface area contributed by atoms with Crippen LogP contribution in [0.25, 0.3) is 0 Å². The highest BCUT2D eigenvalue weighted by atomic mass is 35.5. The molecule has 1 N–H and O–H groups in total. The summed E-state index contributed by atoms with van der Waals surface area (Å²) < 4.78 is 5.45. The molecule has 4 rings (SSSR count). The molecule has 2 saturated heterocycles. The van der Waals surface area contributed by atoms with Crippen molar-refractivity contribution in [2.24, 2.45) is 0 Å². The van der Waals surface area contributed by atoms with Gasteiger partial charge >= 0.3 is 0 Å². The molecule has 2 aromatic rings. The van der Waals surface area contributed by atoms with Gasteiger partial charge in [-0.25, -0.2) is 0 Å². The van der Waals surface area contributed by atoms with Gasteiger partial charge < -0.3 is 15.0 Å². The number of carbonyl (C=O) groups is 2. The van der Waals surface area contributed by atoms with Crippen LogP contribution < -0.4 is 10.2 Å². The first-order valence-electron chi connectivity index (χ1n) is 10.4. The van der Waals surface area contributed by atoms with Gasteiger partial charge in [-0.2, -0.15) is 0 Å². The first kappa shape index (κ1) is 20.8. The molecule has 0 aliphatic carbocycles. The number of hydrogen-bond donors (Lipinski definition) is 1. The number of nitrogens with one attached hydrogen (secondary N) is 1. The molecular weight excluding hydrogens is 402 g/mol. The summed E-state index contributed by atoms with van der Waals surface area (Å²) in [7, 11) is 0. The molecule has 2 amide bonds. The van der Waals surface area contributed by atoms with Crippen molar-refractivity contribution in [1.29, 1.82) is 0 Å². The summed E-state index contributed by atoms with van der Waals surface area (Å²) in [6.45, 7) is 4.46. The minimum Gasteiger partial charge on any atom is -0.379 e. The van der Waals surface area contributed by atoms with E-state index in [1.807, 2.05) is 30.3 Å². The Kier molecular flexibility index (Phi) is 6.67. The Hall–Kier alpha value is -2.41. The number of anilines is 1. The lowest BCUT2D eigenvalue weighted by atomic mass is 10.0. The topological polar surface area (TPSA) is 61.9 Å². The minimum atomic E-state index is -0.179. The first-order valence-corrected chi connectivity index (χ1v) is 10.8. The molecule has 0 radical (unpaired) electrons. The van der Waals surface area contributed by atoms with E-state index in [-0.39, 0.29) is 17.9 Å². The van der Waals surface area contributed by atoms with Crippen LogP contribution in [0.2, 0.25) is 5.02 Å². The second-order valence-corrected chi connectivity index (χ2v) is 8.07. The summed E-state index contributed by atoms with van der Waals surface area (Å²) >= 11 is 6.33. The van der Waals surface area contributed by atoms with Crippen LogP contribution in [0.5, 0.6) is 0 Å². The molecule has 2 fully saturated rings. The Labute approximate surface area is 181 Å². The molecule has 2 heterocycles. The molecule has 7 heteroatoms. The number of morpholine rings is 1. The molecule has 0 saturated carbocycles. The largest absolute Gasteiger partial charge is 0.379 e. The Morgan fingerprint density at radius 1 is 1.10 bits per heavy atom. The first-order chi connectivity index (χ1) is 14.6. The number of carbonyl (C=O) groups excluding carboxylic acids is 2. The zero-order valence-corrected chi connectivity index (χ0v) is 17.6. The standard InChI is InChI=1S/C23H26ClN3O3/c24-19-9-8-18(15-21(19)27-10-4-7-22(27)28)23(29)25-20(17-5-2-1-3-6-17)16-26-11-13-30-14-12-26/h1-3,5-6,8-9,15,20H,4,7,10-14,16H2,(H,25,29)/t20-/m1/s1. The van der Waals surface area contributed by atoms with Gasteiger partial charge in [0.2, 0.25) is 5.91 Å². The van der Waals surface area contributed by atoms with E-state index in [9.17, 15) is 9.59 Å². The summed E-state index contributed by atoms with van der Waals surface area (Å²) in [6.07, 6.45) is 1.32. The number of ether oxygens (including phenoxy) is 1. The third-order valence-corrected chi connectivity index (χ3v) is 5.94. The summed E-state index contributed by atoms with van der Waals surface area (Å²) in [5.41, 5.74) is 2.16. The molecular formula is C23H26ClN3O3. The van der Waals surface area contributed by atoms with Gasteiger partial charge in [0.05, 0.1) is 30.0 Å². The predicted molar refractivity (Wildman–Crippen MR) is 117 cm³/mol. The lowest BCUT2D eigenvalue weighted by Gasteiger charge is -2.31. The third kappa shape index (κ3) is 4.83. The van der Waals surface area contributed by atoms with Crippen LogP contribution >= 0.6 is 11.6 Å². The van der Waals surface area contributed by atoms with Crippen LogP contribution in [-0.4, -0.2) is 56.1 Å². The van der Waals surface area contributed by atoms with Crippen molar-refractivity contribution < 1.29 is 14.3 Å². The van der Waals surface area contributed by atoms with E-state index in [4.69, 9.17) is 16.3 Å². The van der Waals surface area contributed by atoms with E-state index >= 15 is 0 Å². The number of rotatable bonds is 6. The highest BCUT2D eigenvalue weighted by molar-refractivity contribution is 6.34. The summed E-state index contributed by atoms with van der Waals surface area (Å²) in [5.74, 6) is -0.134. The van der Waals surface area contributed by atoms with Gasteiger partial charge in [0.15, 0.2) is 0 Å². The Bertz CT molecular complexity index is 900. The normalized spacial score (nSPS) is 18.4. The maximum Gasteiger partial charge on any atom is 0.251 e. The van der Waals surface area contributed by atoms with E-state index in [1.165, 1.54) is 0 Å². The molecule has 2 aromatic carbocycles. The molecule has 0 bridgehead atoms. The minimum absolute atomic E-state index is 0.0453. The van der Waals surface area contributed by atoms with Crippen molar-refractivity contribution in [1.82, 2.24) is 10.2 Å². The van der Waals surface area contributed by atoms with E-state index in [2.05, 4.69) is 10.2 Å². The van der Waals surface area contributed by atoms with Crippen molar-refractivity contribution in [3.05, 3.63) is 64.7 Å². The van der Waals surface area contributed by atoms with Crippen molar-refractivity contribution >= 4 is 29.1 Å². The lowest BCUT2D eigenvalue weighted by molar-refractivity contribution is -0.117. The number of hydrogen-bond acceptors (Lipinski definition) is 4. The van der Waals surface area contributed by atoms with Crippen molar-refractivity contribution in [3.8, 4) is 0 Å². The maximum absolute atomic E-state index is 13.1. The number of halogens is 1. The van der Waals surface area contributed by atoms with Gasteiger partial charge in [0, 0.05) is 38.2 Å². The lowest BCUT2D eigenvalue weighted by Crippen LogP contribution is -2.43. The molecule has 158 valence electrons. The molecule has 30 heavy (non-hydrogen) atoms. The second-order valence-electron chi connectivity index (χ2n) is 7.66. The fourth-order valence-corrected chi connectivity index (χ4v) is 4.19.